The van der Waals surface area contributed by atoms with E-state index in [2.05, 4.69) is 0 Å². The molecule has 0 unspecified atom stereocenters. The fraction of sp³-hybridized carbons (Fsp3) is 0.462. The van der Waals surface area contributed by atoms with Gasteiger partial charge in [0.1, 0.15) is 5.82 Å². The van der Waals surface area contributed by atoms with Crippen molar-refractivity contribution in [3.05, 3.63) is 29.6 Å². The van der Waals surface area contributed by atoms with Crippen LogP contribution in [-0.2, 0) is 9.05 Å². The Hall–Kier alpha value is -1.14. The van der Waals surface area contributed by atoms with Gasteiger partial charge >= 0.3 is 0 Å². The molecule has 0 atom stereocenters. The number of amides is 1. The van der Waals surface area contributed by atoms with E-state index in [0.717, 1.165) is 37.8 Å². The number of hydrogen-bond acceptors (Lipinski definition) is 3. The molecule has 1 aliphatic rings. The summed E-state index contributed by atoms with van der Waals surface area (Å²) in [5, 5.41) is 0. The van der Waals surface area contributed by atoms with E-state index < -0.39 is 20.8 Å². The quantitative estimate of drug-likeness (QED) is 0.805. The Labute approximate surface area is 121 Å². The van der Waals surface area contributed by atoms with Crippen molar-refractivity contribution in [2.45, 2.75) is 36.6 Å². The fourth-order valence-electron chi connectivity index (χ4n) is 2.47. The highest BCUT2D eigenvalue weighted by molar-refractivity contribution is 8.13. The van der Waals surface area contributed by atoms with Gasteiger partial charge in [0.2, 0.25) is 0 Å². The van der Waals surface area contributed by atoms with Crippen LogP contribution in [0.3, 0.4) is 0 Å². The minimum absolute atomic E-state index is 0.123. The number of rotatable bonds is 3. The molecule has 4 nitrogen and oxygen atoms in total. The highest BCUT2D eigenvalue weighted by Crippen LogP contribution is 2.25. The van der Waals surface area contributed by atoms with Crippen LogP contribution in [0.25, 0.3) is 0 Å². The molecule has 7 heteroatoms. The van der Waals surface area contributed by atoms with Crippen molar-refractivity contribution in [3.8, 4) is 0 Å². The lowest BCUT2D eigenvalue weighted by Crippen LogP contribution is -2.35. The third-order valence-corrected chi connectivity index (χ3v) is 5.00. The molecule has 0 aliphatic heterocycles. The van der Waals surface area contributed by atoms with Crippen molar-refractivity contribution in [2.75, 3.05) is 7.05 Å². The molecule has 1 aliphatic carbocycles. The summed E-state index contributed by atoms with van der Waals surface area (Å²) in [4.78, 5) is 13.4. The van der Waals surface area contributed by atoms with Gasteiger partial charge in [-0.2, -0.15) is 0 Å². The van der Waals surface area contributed by atoms with E-state index in [1.807, 2.05) is 0 Å². The minimum Gasteiger partial charge on any atom is -0.339 e. The molecule has 110 valence electrons. The Bertz CT molecular complexity index is 627. The first-order valence-corrected chi connectivity index (χ1v) is 8.63. The monoisotopic (exact) mass is 319 g/mol. The van der Waals surface area contributed by atoms with E-state index in [1.54, 1.807) is 7.05 Å². The molecule has 0 aromatic heterocycles. The van der Waals surface area contributed by atoms with Gasteiger partial charge in [0.05, 0.1) is 10.5 Å². The van der Waals surface area contributed by atoms with Gasteiger partial charge in [0.15, 0.2) is 0 Å². The first kappa shape index (κ1) is 15.3. The van der Waals surface area contributed by atoms with Crippen molar-refractivity contribution >= 4 is 25.6 Å². The van der Waals surface area contributed by atoms with E-state index in [9.17, 15) is 17.6 Å². The second-order valence-electron chi connectivity index (χ2n) is 4.93. The summed E-state index contributed by atoms with van der Waals surface area (Å²) < 4.78 is 36.1. The third-order valence-electron chi connectivity index (χ3n) is 3.65. The number of halogens is 2. The fourth-order valence-corrected chi connectivity index (χ4v) is 3.23. The molecule has 0 spiro atoms. The van der Waals surface area contributed by atoms with Crippen molar-refractivity contribution in [3.63, 3.8) is 0 Å². The van der Waals surface area contributed by atoms with Crippen LogP contribution in [0.2, 0.25) is 0 Å². The summed E-state index contributed by atoms with van der Waals surface area (Å²) in [6, 6.07) is 3.20. The van der Waals surface area contributed by atoms with E-state index >= 15 is 0 Å². The zero-order chi connectivity index (χ0) is 14.9. The van der Waals surface area contributed by atoms with Crippen LogP contribution in [0.5, 0.6) is 0 Å². The zero-order valence-corrected chi connectivity index (χ0v) is 12.5. The second-order valence-corrected chi connectivity index (χ2v) is 7.50. The summed E-state index contributed by atoms with van der Waals surface area (Å²) in [6.45, 7) is 0. The summed E-state index contributed by atoms with van der Waals surface area (Å²) >= 11 is 0. The summed E-state index contributed by atoms with van der Waals surface area (Å²) in [7, 11) is 2.79. The van der Waals surface area contributed by atoms with Crippen LogP contribution < -0.4 is 0 Å². The Morgan fingerprint density at radius 2 is 1.95 bits per heavy atom. The SMILES string of the molecule is CN(C(=O)c1ccc(S(=O)(=O)Cl)cc1F)C1CCCC1. The van der Waals surface area contributed by atoms with E-state index in [4.69, 9.17) is 10.7 Å². The van der Waals surface area contributed by atoms with Crippen LogP contribution in [0.1, 0.15) is 36.0 Å². The smallest absolute Gasteiger partial charge is 0.261 e. The molecule has 0 N–H and O–H groups in total. The maximum Gasteiger partial charge on any atom is 0.261 e. The first-order chi connectivity index (χ1) is 9.30. The molecule has 1 saturated carbocycles. The molecular weight excluding hydrogens is 305 g/mol. The molecule has 1 aromatic carbocycles. The minimum atomic E-state index is -4.00. The number of nitrogens with zero attached hydrogens (tertiary/aromatic N) is 1. The van der Waals surface area contributed by atoms with Gasteiger partial charge in [-0.1, -0.05) is 12.8 Å². The van der Waals surface area contributed by atoms with E-state index in [0.29, 0.717) is 0 Å². The highest BCUT2D eigenvalue weighted by atomic mass is 35.7. The molecule has 0 heterocycles. The normalized spacial score (nSPS) is 16.4. The van der Waals surface area contributed by atoms with E-state index in [-0.39, 0.29) is 16.5 Å². The van der Waals surface area contributed by atoms with E-state index in [1.165, 1.54) is 11.0 Å². The zero-order valence-electron chi connectivity index (χ0n) is 11.0. The Kier molecular flexibility index (Phi) is 4.34. The van der Waals surface area contributed by atoms with Crippen LogP contribution >= 0.6 is 10.7 Å². The molecule has 1 amide bonds. The van der Waals surface area contributed by atoms with Gasteiger partial charge in [0, 0.05) is 23.8 Å². The third kappa shape index (κ3) is 3.12. The van der Waals surface area contributed by atoms with Gasteiger partial charge in [-0.3, -0.25) is 4.79 Å². The largest absolute Gasteiger partial charge is 0.339 e. The molecule has 0 saturated heterocycles. The van der Waals surface area contributed by atoms with Gasteiger partial charge in [-0.15, -0.1) is 0 Å². The second kappa shape index (κ2) is 5.69. The summed E-state index contributed by atoms with van der Waals surface area (Å²) in [5.74, 6) is -1.31. The molecule has 2 rings (SSSR count). The average Bonchev–Trinajstić information content (AvgIpc) is 2.89. The van der Waals surface area contributed by atoms with Gasteiger partial charge in [0.25, 0.3) is 15.0 Å². The Morgan fingerprint density at radius 3 is 2.45 bits per heavy atom. The summed E-state index contributed by atoms with van der Waals surface area (Å²) in [5.41, 5.74) is -0.136. The predicted octanol–water partition coefficient (Wildman–Crippen LogP) is 2.77. The standard InChI is InChI=1S/C13H15ClFNO3S/c1-16(9-4-2-3-5-9)13(17)11-7-6-10(8-12(11)15)20(14,18)19/h6-9H,2-5H2,1H3. The molecule has 0 bridgehead atoms. The van der Waals surface area contributed by atoms with Crippen molar-refractivity contribution < 1.29 is 17.6 Å². The molecular formula is C13H15ClFNO3S. The number of carbonyl (C=O) groups excluding carboxylic acids is 1. The lowest BCUT2D eigenvalue weighted by Gasteiger charge is -2.24. The van der Waals surface area contributed by atoms with Crippen molar-refractivity contribution in [1.82, 2.24) is 4.90 Å². The average molecular weight is 320 g/mol. The lowest BCUT2D eigenvalue weighted by atomic mass is 10.1. The van der Waals surface area contributed by atoms with Crippen LogP contribution in [-0.4, -0.2) is 32.3 Å². The Balaban J connectivity index is 2.26. The summed E-state index contributed by atoms with van der Waals surface area (Å²) in [6.07, 6.45) is 3.96. The number of carbonyl (C=O) groups is 1. The van der Waals surface area contributed by atoms with Crippen molar-refractivity contribution in [1.29, 1.82) is 0 Å². The van der Waals surface area contributed by atoms with Gasteiger partial charge in [-0.25, -0.2) is 12.8 Å². The number of hydrogen-bond donors (Lipinski definition) is 0. The molecule has 20 heavy (non-hydrogen) atoms. The van der Waals surface area contributed by atoms with Gasteiger partial charge in [-0.05, 0) is 31.0 Å². The van der Waals surface area contributed by atoms with Crippen LogP contribution in [0, 0.1) is 5.82 Å². The number of benzene rings is 1. The topological polar surface area (TPSA) is 54.5 Å². The Morgan fingerprint density at radius 1 is 1.35 bits per heavy atom. The highest BCUT2D eigenvalue weighted by Gasteiger charge is 2.26. The maximum atomic E-state index is 13.9. The van der Waals surface area contributed by atoms with Gasteiger partial charge < -0.3 is 4.90 Å². The molecule has 1 aromatic rings. The maximum absolute atomic E-state index is 13.9. The first-order valence-electron chi connectivity index (χ1n) is 6.32. The molecule has 1 fully saturated rings. The van der Waals surface area contributed by atoms with Crippen LogP contribution in [0.4, 0.5) is 4.39 Å². The van der Waals surface area contributed by atoms with Crippen LogP contribution in [0.15, 0.2) is 23.1 Å². The van der Waals surface area contributed by atoms with Crippen molar-refractivity contribution in [2.24, 2.45) is 0 Å². The lowest BCUT2D eigenvalue weighted by molar-refractivity contribution is 0.0730. The predicted molar refractivity (Wildman–Crippen MR) is 73.8 cm³/mol. The molecule has 0 radical (unpaired) electrons.